The first-order chi connectivity index (χ1) is 19.9. The van der Waals surface area contributed by atoms with E-state index in [4.69, 9.17) is 0 Å². The quantitative estimate of drug-likeness (QED) is 0.268. The van der Waals surface area contributed by atoms with Gasteiger partial charge in [-0.2, -0.15) is 0 Å². The Bertz CT molecular complexity index is 1620. The maximum absolute atomic E-state index is 4.16. The van der Waals surface area contributed by atoms with Gasteiger partial charge in [-0.15, -0.1) is 0 Å². The molecule has 0 saturated heterocycles. The van der Waals surface area contributed by atoms with Crippen molar-refractivity contribution in [3.05, 3.63) is 85.3 Å². The highest BCUT2D eigenvalue weighted by atomic mass is 79.9. The molecule has 1 spiro atoms. The molecular formula is C38H39Br2N. The van der Waals surface area contributed by atoms with E-state index in [0.717, 1.165) is 47.3 Å². The molecular weight excluding hydrogens is 630 g/mol. The number of hydrogen-bond donors (Lipinski definition) is 0. The Morgan fingerprint density at radius 3 is 2.12 bits per heavy atom. The third-order valence-electron chi connectivity index (χ3n) is 13.7. The number of hydrogen-bond acceptors (Lipinski definition) is 1. The van der Waals surface area contributed by atoms with Gasteiger partial charge in [0.05, 0.1) is 11.4 Å². The van der Waals surface area contributed by atoms with E-state index in [9.17, 15) is 0 Å². The summed E-state index contributed by atoms with van der Waals surface area (Å²) in [6.07, 6.45) is 11.5. The monoisotopic (exact) mass is 667 g/mol. The second-order valence-corrected chi connectivity index (χ2v) is 17.2. The number of benzene rings is 3. The Balaban J connectivity index is 1.16. The number of halogens is 2. The third-order valence-corrected chi connectivity index (χ3v) is 14.9. The first-order valence-electron chi connectivity index (χ1n) is 16.4. The van der Waals surface area contributed by atoms with Crippen molar-refractivity contribution in [3.63, 3.8) is 0 Å². The van der Waals surface area contributed by atoms with Crippen LogP contribution in [0.15, 0.2) is 57.5 Å². The molecule has 10 rings (SSSR count). The lowest BCUT2D eigenvalue weighted by Crippen LogP contribution is -2.35. The molecule has 0 N–H and O–H groups in total. The van der Waals surface area contributed by atoms with Gasteiger partial charge >= 0.3 is 0 Å². The van der Waals surface area contributed by atoms with Crippen LogP contribution in [-0.2, 0) is 0 Å². The highest BCUT2D eigenvalue weighted by Gasteiger charge is 2.71. The summed E-state index contributed by atoms with van der Waals surface area (Å²) < 4.78 is 2.48. The molecule has 3 aromatic carbocycles. The molecule has 0 aliphatic heterocycles. The summed E-state index contributed by atoms with van der Waals surface area (Å²) in [4.78, 5) is 2.57. The topological polar surface area (TPSA) is 3.24 Å². The van der Waals surface area contributed by atoms with E-state index in [1.54, 1.807) is 22.3 Å². The third kappa shape index (κ3) is 3.29. The maximum atomic E-state index is 4.16. The van der Waals surface area contributed by atoms with Crippen LogP contribution >= 0.6 is 31.9 Å². The van der Waals surface area contributed by atoms with Crippen molar-refractivity contribution in [1.82, 2.24) is 0 Å². The highest BCUT2D eigenvalue weighted by molar-refractivity contribution is 9.11. The van der Waals surface area contributed by atoms with Gasteiger partial charge in [-0.1, -0.05) is 24.6 Å². The van der Waals surface area contributed by atoms with Crippen LogP contribution in [-0.4, -0.2) is 0 Å². The normalized spacial score (nSPS) is 39.8. The summed E-state index contributed by atoms with van der Waals surface area (Å²) in [5, 5.41) is 0. The standard InChI is InChI=1S/C38H39Br2N/c1-19-3-5-26(6-4-19)41(36-15-29-23-9-22-8-21(28(22)11-23)7-20(2)27(29)13-34(36)39)37-16-30-24-10-25-17-38(32(25)12-24)18-33(38)31(30)14-35(37)40/h3-6,13-16,20-25,28,32-33H,7-12,17-18H2,1-2H3. The van der Waals surface area contributed by atoms with Gasteiger partial charge in [0.1, 0.15) is 0 Å². The van der Waals surface area contributed by atoms with E-state index >= 15 is 0 Å². The molecule has 10 atom stereocenters. The average molecular weight is 670 g/mol. The van der Waals surface area contributed by atoms with E-state index in [2.05, 4.69) is 99.1 Å². The molecule has 10 unspecified atom stereocenters. The minimum Gasteiger partial charge on any atom is -0.308 e. The second kappa shape index (κ2) is 8.32. The molecule has 0 heterocycles. The first-order valence-corrected chi connectivity index (χ1v) is 18.0. The zero-order valence-electron chi connectivity index (χ0n) is 24.2. The molecule has 0 radical (unpaired) electrons. The van der Waals surface area contributed by atoms with Crippen molar-refractivity contribution in [2.45, 2.75) is 88.9 Å². The van der Waals surface area contributed by atoms with Crippen LogP contribution in [0, 0.1) is 41.9 Å². The van der Waals surface area contributed by atoms with E-state index in [-0.39, 0.29) is 0 Å². The van der Waals surface area contributed by atoms with Gasteiger partial charge in [0.2, 0.25) is 0 Å². The number of nitrogens with zero attached hydrogens (tertiary/aromatic N) is 1. The summed E-state index contributed by atoms with van der Waals surface area (Å²) in [7, 11) is 0. The summed E-state index contributed by atoms with van der Waals surface area (Å²) in [6, 6.07) is 19.5. The van der Waals surface area contributed by atoms with E-state index < -0.39 is 0 Å². The molecule has 4 bridgehead atoms. The predicted molar refractivity (Wildman–Crippen MR) is 175 cm³/mol. The molecule has 1 nitrogen and oxygen atoms in total. The van der Waals surface area contributed by atoms with Crippen LogP contribution in [0.5, 0.6) is 0 Å². The van der Waals surface area contributed by atoms with Gasteiger partial charge < -0.3 is 4.90 Å². The fraction of sp³-hybridized carbons (Fsp3) is 0.526. The maximum Gasteiger partial charge on any atom is 0.0607 e. The Morgan fingerprint density at radius 1 is 0.683 bits per heavy atom. The number of anilines is 3. The highest BCUT2D eigenvalue weighted by Crippen LogP contribution is 2.82. The second-order valence-electron chi connectivity index (χ2n) is 15.5. The molecule has 41 heavy (non-hydrogen) atoms. The van der Waals surface area contributed by atoms with E-state index in [1.807, 2.05) is 0 Å². The van der Waals surface area contributed by atoms with Crippen molar-refractivity contribution < 1.29 is 0 Å². The molecule has 3 heteroatoms. The molecule has 7 aliphatic rings. The molecule has 210 valence electrons. The van der Waals surface area contributed by atoms with Gasteiger partial charge in [-0.3, -0.25) is 0 Å². The van der Waals surface area contributed by atoms with Gasteiger partial charge in [0, 0.05) is 14.6 Å². The smallest absolute Gasteiger partial charge is 0.0607 e. The lowest BCUT2D eigenvalue weighted by Gasteiger charge is -2.43. The molecule has 5 saturated carbocycles. The number of aryl methyl sites for hydroxylation is 1. The van der Waals surface area contributed by atoms with Crippen LogP contribution < -0.4 is 4.90 Å². The van der Waals surface area contributed by atoms with Gasteiger partial charge in [0.25, 0.3) is 0 Å². The predicted octanol–water partition coefficient (Wildman–Crippen LogP) is 11.6. The van der Waals surface area contributed by atoms with Crippen LogP contribution in [0.4, 0.5) is 17.1 Å². The zero-order valence-corrected chi connectivity index (χ0v) is 27.3. The summed E-state index contributed by atoms with van der Waals surface area (Å²) in [5.41, 5.74) is 12.5. The number of rotatable bonds is 3. The Morgan fingerprint density at radius 2 is 1.34 bits per heavy atom. The fourth-order valence-electron chi connectivity index (χ4n) is 11.7. The van der Waals surface area contributed by atoms with Crippen LogP contribution in [0.2, 0.25) is 0 Å². The van der Waals surface area contributed by atoms with Gasteiger partial charge in [-0.05, 0) is 207 Å². The molecule has 0 aromatic heterocycles. The van der Waals surface area contributed by atoms with Crippen molar-refractivity contribution in [1.29, 1.82) is 0 Å². The van der Waals surface area contributed by atoms with Gasteiger partial charge in [0.15, 0.2) is 0 Å². The molecule has 3 aromatic rings. The fourth-order valence-corrected chi connectivity index (χ4v) is 12.8. The van der Waals surface area contributed by atoms with Crippen molar-refractivity contribution in [2.75, 3.05) is 4.90 Å². The first kappa shape index (κ1) is 24.8. The minimum atomic E-state index is 0.643. The number of fused-ring (bicyclic) bond motifs is 7. The summed E-state index contributed by atoms with van der Waals surface area (Å²) >= 11 is 8.31. The van der Waals surface area contributed by atoms with Crippen molar-refractivity contribution in [3.8, 4) is 0 Å². The SMILES string of the molecule is Cc1ccc(N(c2cc3c(cc2Br)C(C)CC2CC4CC3CC24)c2cc3c(cc2Br)C2CC24CC2CC3CC24)cc1. The molecule has 0 amide bonds. The van der Waals surface area contributed by atoms with Gasteiger partial charge in [-0.25, -0.2) is 0 Å². The Labute approximate surface area is 261 Å². The Hall–Kier alpha value is -1.58. The van der Waals surface area contributed by atoms with E-state index in [1.165, 1.54) is 82.9 Å². The van der Waals surface area contributed by atoms with Crippen LogP contribution in [0.1, 0.15) is 110 Å². The lowest BCUT2D eigenvalue weighted by atomic mass is 9.62. The largest absolute Gasteiger partial charge is 0.308 e. The molecule has 7 aliphatic carbocycles. The average Bonchev–Trinajstić information content (AvgIpc) is 3.44. The summed E-state index contributed by atoms with van der Waals surface area (Å²) in [5.74, 6) is 7.88. The van der Waals surface area contributed by atoms with Crippen LogP contribution in [0.25, 0.3) is 0 Å². The molecule has 5 fully saturated rings. The summed E-state index contributed by atoms with van der Waals surface area (Å²) in [6.45, 7) is 4.69. The minimum absolute atomic E-state index is 0.643. The van der Waals surface area contributed by atoms with Crippen molar-refractivity contribution in [2.24, 2.45) is 35.0 Å². The zero-order chi connectivity index (χ0) is 27.4. The lowest BCUT2D eigenvalue weighted by molar-refractivity contribution is 0.0724. The van der Waals surface area contributed by atoms with Crippen LogP contribution in [0.3, 0.4) is 0 Å². The van der Waals surface area contributed by atoms with E-state index in [0.29, 0.717) is 11.3 Å². The van der Waals surface area contributed by atoms with Crippen molar-refractivity contribution >= 4 is 48.9 Å². The Kier molecular flexibility index (Phi) is 5.04.